The van der Waals surface area contributed by atoms with E-state index in [1.807, 2.05) is 53.4 Å². The van der Waals surface area contributed by atoms with Gasteiger partial charge in [0.2, 0.25) is 18.2 Å². The summed E-state index contributed by atoms with van der Waals surface area (Å²) in [5, 5.41) is 11.7. The lowest BCUT2D eigenvalue weighted by Crippen LogP contribution is -2.26. The predicted octanol–water partition coefficient (Wildman–Crippen LogP) is 3.73. The number of fused-ring (bicyclic) bond motifs is 1. The van der Waals surface area contributed by atoms with Crippen LogP contribution in [0.3, 0.4) is 0 Å². The molecule has 0 fully saturated rings. The molecule has 4 rings (SSSR count). The smallest absolute Gasteiger partial charge is 0.249 e. The Hall–Kier alpha value is -3.06. The number of hydrogen-bond donors (Lipinski definition) is 1. The number of nitrogens with zero attached hydrogens (tertiary/aromatic N) is 3. The monoisotopic (exact) mass is 378 g/mol. The molecule has 0 radical (unpaired) electrons. The Kier molecular flexibility index (Phi) is 4.93. The van der Waals surface area contributed by atoms with Gasteiger partial charge in [0.15, 0.2) is 0 Å². The summed E-state index contributed by atoms with van der Waals surface area (Å²) in [5.41, 5.74) is 2.85. The van der Waals surface area contributed by atoms with Crippen LogP contribution in [-0.2, 0) is 17.9 Å². The van der Waals surface area contributed by atoms with E-state index in [0.29, 0.717) is 12.4 Å². The molecule has 136 valence electrons. The van der Waals surface area contributed by atoms with E-state index in [1.165, 1.54) is 11.3 Å². The summed E-state index contributed by atoms with van der Waals surface area (Å²) in [6, 6.07) is 16.0. The molecule has 2 aromatic heterocycles. The molecule has 6 nitrogen and oxygen atoms in total. The number of thioether (sulfide) groups is 1. The topological polar surface area (TPSA) is 73.0 Å². The van der Waals surface area contributed by atoms with Crippen molar-refractivity contribution in [2.24, 2.45) is 0 Å². The molecule has 0 aliphatic carbocycles. The number of rotatable bonds is 6. The van der Waals surface area contributed by atoms with Crippen molar-refractivity contribution in [3.63, 3.8) is 0 Å². The van der Waals surface area contributed by atoms with Crippen LogP contribution in [0, 0.1) is 0 Å². The van der Waals surface area contributed by atoms with Gasteiger partial charge in [-0.05, 0) is 30.0 Å². The maximum Gasteiger partial charge on any atom is 0.249 e. The van der Waals surface area contributed by atoms with Gasteiger partial charge in [0.1, 0.15) is 6.54 Å². The number of carbonyl (C=O) groups is 1. The van der Waals surface area contributed by atoms with Crippen LogP contribution in [0.4, 0.5) is 0 Å². The molecule has 4 aromatic rings. The third-order valence-corrected chi connectivity index (χ3v) is 5.09. The second-order valence-electron chi connectivity index (χ2n) is 6.06. The van der Waals surface area contributed by atoms with Gasteiger partial charge in [-0.2, -0.15) is 0 Å². The summed E-state index contributed by atoms with van der Waals surface area (Å²) in [7, 11) is 0. The van der Waals surface area contributed by atoms with E-state index in [1.54, 1.807) is 11.8 Å². The molecule has 0 spiro atoms. The summed E-state index contributed by atoms with van der Waals surface area (Å²) in [6.07, 6.45) is 5.22. The van der Waals surface area contributed by atoms with Crippen molar-refractivity contribution in [1.29, 1.82) is 0 Å². The standard InChI is InChI=1S/C20H18N4O2S/c1-27-15-8-6-14(7-9-15)10-21-19(25)12-24-11-17(20-23-22-13-26-20)16-4-2-3-5-18(16)24/h2-9,11,13H,10,12H2,1H3,(H,21,25). The average molecular weight is 378 g/mol. The van der Waals surface area contributed by atoms with Crippen LogP contribution in [0.1, 0.15) is 5.56 Å². The highest BCUT2D eigenvalue weighted by Gasteiger charge is 2.15. The molecule has 0 atom stereocenters. The van der Waals surface area contributed by atoms with Gasteiger partial charge in [0.05, 0.1) is 5.56 Å². The number of aromatic nitrogens is 3. The molecule has 2 aromatic carbocycles. The first-order valence-corrected chi connectivity index (χ1v) is 9.71. The Morgan fingerprint density at radius 1 is 1.19 bits per heavy atom. The minimum Gasteiger partial charge on any atom is -0.423 e. The summed E-state index contributed by atoms with van der Waals surface area (Å²) in [5.74, 6) is 0.390. The van der Waals surface area contributed by atoms with Gasteiger partial charge in [-0.3, -0.25) is 4.79 Å². The molecule has 1 amide bonds. The lowest BCUT2D eigenvalue weighted by Gasteiger charge is -2.08. The first-order valence-electron chi connectivity index (χ1n) is 8.48. The van der Waals surface area contributed by atoms with Gasteiger partial charge in [-0.1, -0.05) is 30.3 Å². The second kappa shape index (κ2) is 7.67. The van der Waals surface area contributed by atoms with Crippen LogP contribution in [0.2, 0.25) is 0 Å². The molecule has 0 unspecified atom stereocenters. The highest BCUT2D eigenvalue weighted by molar-refractivity contribution is 7.98. The molecule has 0 saturated heterocycles. The molecule has 0 aliphatic rings. The fourth-order valence-corrected chi connectivity index (χ4v) is 3.40. The van der Waals surface area contributed by atoms with Crippen LogP contribution in [-0.4, -0.2) is 26.9 Å². The van der Waals surface area contributed by atoms with Crippen molar-refractivity contribution in [3.05, 3.63) is 66.7 Å². The van der Waals surface area contributed by atoms with E-state index < -0.39 is 0 Å². The van der Waals surface area contributed by atoms with Gasteiger partial charge < -0.3 is 14.3 Å². The molecule has 0 saturated carbocycles. The normalized spacial score (nSPS) is 11.0. The van der Waals surface area contributed by atoms with Gasteiger partial charge >= 0.3 is 0 Å². The van der Waals surface area contributed by atoms with Crippen LogP contribution >= 0.6 is 11.8 Å². The van der Waals surface area contributed by atoms with Crippen LogP contribution < -0.4 is 5.32 Å². The number of amides is 1. The molecule has 2 heterocycles. The predicted molar refractivity (Wildman–Crippen MR) is 105 cm³/mol. The van der Waals surface area contributed by atoms with Crippen LogP contribution in [0.25, 0.3) is 22.4 Å². The largest absolute Gasteiger partial charge is 0.423 e. The van der Waals surface area contributed by atoms with E-state index in [0.717, 1.165) is 22.0 Å². The zero-order valence-corrected chi connectivity index (χ0v) is 15.6. The lowest BCUT2D eigenvalue weighted by atomic mass is 10.2. The fraction of sp³-hybridized carbons (Fsp3) is 0.150. The third-order valence-electron chi connectivity index (χ3n) is 4.34. The average Bonchev–Trinajstić information content (AvgIpc) is 3.35. The minimum atomic E-state index is -0.0539. The number of nitrogens with one attached hydrogen (secondary N) is 1. The van der Waals surface area contributed by atoms with E-state index in [4.69, 9.17) is 4.42 Å². The highest BCUT2D eigenvalue weighted by atomic mass is 32.2. The molecule has 27 heavy (non-hydrogen) atoms. The lowest BCUT2D eigenvalue weighted by molar-refractivity contribution is -0.121. The van der Waals surface area contributed by atoms with Gasteiger partial charge in [-0.25, -0.2) is 0 Å². The van der Waals surface area contributed by atoms with E-state index >= 15 is 0 Å². The van der Waals surface area contributed by atoms with E-state index in [-0.39, 0.29) is 12.5 Å². The molecular weight excluding hydrogens is 360 g/mol. The first-order chi connectivity index (χ1) is 13.2. The maximum atomic E-state index is 12.5. The summed E-state index contributed by atoms with van der Waals surface area (Å²) in [6.45, 7) is 0.723. The van der Waals surface area contributed by atoms with Crippen molar-refractivity contribution in [3.8, 4) is 11.5 Å². The molecule has 0 aliphatic heterocycles. The number of hydrogen-bond acceptors (Lipinski definition) is 5. The fourth-order valence-electron chi connectivity index (χ4n) is 2.99. The Morgan fingerprint density at radius 3 is 2.74 bits per heavy atom. The van der Waals surface area contributed by atoms with Crippen molar-refractivity contribution < 1.29 is 9.21 Å². The number of carbonyl (C=O) groups excluding carboxylic acids is 1. The van der Waals surface area contributed by atoms with Gasteiger partial charge in [0.25, 0.3) is 0 Å². The van der Waals surface area contributed by atoms with Gasteiger partial charge in [0, 0.05) is 28.5 Å². The molecule has 7 heteroatoms. The second-order valence-corrected chi connectivity index (χ2v) is 6.94. The van der Waals surface area contributed by atoms with Crippen molar-refractivity contribution in [2.75, 3.05) is 6.26 Å². The molecule has 0 bridgehead atoms. The number of benzene rings is 2. The van der Waals surface area contributed by atoms with E-state index in [9.17, 15) is 4.79 Å². The maximum absolute atomic E-state index is 12.5. The Labute approximate surface area is 160 Å². The molecular formula is C20H18N4O2S. The zero-order chi connectivity index (χ0) is 18.6. The van der Waals surface area contributed by atoms with Crippen LogP contribution in [0.5, 0.6) is 0 Å². The van der Waals surface area contributed by atoms with Crippen molar-refractivity contribution in [1.82, 2.24) is 20.1 Å². The SMILES string of the molecule is CSc1ccc(CNC(=O)Cn2cc(-c3nnco3)c3ccccc32)cc1. The highest BCUT2D eigenvalue weighted by Crippen LogP contribution is 2.29. The van der Waals surface area contributed by atoms with Crippen molar-refractivity contribution >= 4 is 28.6 Å². The Balaban J connectivity index is 1.50. The molecule has 1 N–H and O–H groups in total. The quantitative estimate of drug-likeness (QED) is 0.518. The Morgan fingerprint density at radius 2 is 2.00 bits per heavy atom. The summed E-state index contributed by atoms with van der Waals surface area (Å²) in [4.78, 5) is 13.7. The van der Waals surface area contributed by atoms with Gasteiger partial charge in [-0.15, -0.1) is 22.0 Å². The van der Waals surface area contributed by atoms with E-state index in [2.05, 4.69) is 27.6 Å². The van der Waals surface area contributed by atoms with Crippen molar-refractivity contribution in [2.45, 2.75) is 18.0 Å². The Bertz CT molecular complexity index is 1060. The third kappa shape index (κ3) is 3.73. The number of para-hydroxylation sites is 1. The van der Waals surface area contributed by atoms with Crippen LogP contribution in [0.15, 0.2) is 70.4 Å². The zero-order valence-electron chi connectivity index (χ0n) is 14.8. The first kappa shape index (κ1) is 17.4. The minimum absolute atomic E-state index is 0.0539. The summed E-state index contributed by atoms with van der Waals surface area (Å²) >= 11 is 1.70. The summed E-state index contributed by atoms with van der Waals surface area (Å²) < 4.78 is 7.24.